The average Bonchev–Trinajstić information content (AvgIpc) is 3.30. The molecule has 0 amide bonds. The second-order valence-corrected chi connectivity index (χ2v) is 10.2. The van der Waals surface area contributed by atoms with Crippen LogP contribution < -0.4 is 0 Å². The van der Waals surface area contributed by atoms with E-state index in [2.05, 4.69) is 27.7 Å². The summed E-state index contributed by atoms with van der Waals surface area (Å²) in [6.07, 6.45) is 7.65. The normalized spacial score (nSPS) is 51.9. The van der Waals surface area contributed by atoms with Crippen LogP contribution in [0.4, 0.5) is 0 Å². The molecule has 4 saturated carbocycles. The first-order chi connectivity index (χ1) is 11.8. The molecule has 0 aromatic rings. The molecule has 25 heavy (non-hydrogen) atoms. The van der Waals surface area contributed by atoms with Gasteiger partial charge in [-0.1, -0.05) is 27.7 Å². The fourth-order valence-electron chi connectivity index (χ4n) is 7.47. The Labute approximate surface area is 152 Å². The third-order valence-corrected chi connectivity index (χ3v) is 9.27. The Morgan fingerprint density at radius 1 is 1.20 bits per heavy atom. The molecule has 0 aliphatic heterocycles. The van der Waals surface area contributed by atoms with Crippen molar-refractivity contribution >= 4 is 5.97 Å². The molecule has 4 fully saturated rings. The maximum absolute atomic E-state index is 12.7. The molecule has 142 valence electrons. The summed E-state index contributed by atoms with van der Waals surface area (Å²) in [6, 6.07) is 0. The van der Waals surface area contributed by atoms with Gasteiger partial charge >= 0.3 is 5.97 Å². The molecule has 4 bridgehead atoms. The number of hydrogen-bond donors (Lipinski definition) is 1. The molecule has 3 heteroatoms. The summed E-state index contributed by atoms with van der Waals surface area (Å²) >= 11 is 0. The fraction of sp³-hybridized carbons (Fsp3) is 0.955. The number of esters is 1. The van der Waals surface area contributed by atoms with E-state index < -0.39 is 6.10 Å². The number of rotatable bonds is 5. The van der Waals surface area contributed by atoms with Gasteiger partial charge in [0, 0.05) is 0 Å². The Balaban J connectivity index is 1.40. The summed E-state index contributed by atoms with van der Waals surface area (Å²) in [5, 5.41) is 11.0. The summed E-state index contributed by atoms with van der Waals surface area (Å²) in [4.78, 5) is 12.7. The van der Waals surface area contributed by atoms with Crippen LogP contribution >= 0.6 is 0 Å². The van der Waals surface area contributed by atoms with Crippen LogP contribution in [-0.4, -0.2) is 22.8 Å². The Hall–Kier alpha value is -0.570. The number of carbonyl (C=O) groups excluding carboxylic acids is 1. The summed E-state index contributed by atoms with van der Waals surface area (Å²) in [5.74, 6) is 3.85. The van der Waals surface area contributed by atoms with Crippen LogP contribution in [0.2, 0.25) is 0 Å². The molecule has 9 atom stereocenters. The minimum absolute atomic E-state index is 0.107. The number of carbonyl (C=O) groups is 1. The summed E-state index contributed by atoms with van der Waals surface area (Å²) < 4.78 is 6.09. The van der Waals surface area contributed by atoms with Crippen LogP contribution in [0.15, 0.2) is 0 Å². The lowest BCUT2D eigenvalue weighted by Gasteiger charge is -2.44. The molecule has 4 rings (SSSR count). The van der Waals surface area contributed by atoms with Crippen molar-refractivity contribution in [1.82, 2.24) is 0 Å². The van der Waals surface area contributed by atoms with Gasteiger partial charge in [0.15, 0.2) is 0 Å². The van der Waals surface area contributed by atoms with Crippen molar-refractivity contribution in [1.29, 1.82) is 0 Å². The molecule has 1 N–H and O–H groups in total. The summed E-state index contributed by atoms with van der Waals surface area (Å²) in [5.41, 5.74) is -0.333. The van der Waals surface area contributed by atoms with E-state index >= 15 is 0 Å². The van der Waals surface area contributed by atoms with Crippen molar-refractivity contribution in [3.05, 3.63) is 0 Å². The fourth-order valence-corrected chi connectivity index (χ4v) is 7.47. The molecule has 0 radical (unpaired) electrons. The van der Waals surface area contributed by atoms with Gasteiger partial charge < -0.3 is 9.84 Å². The number of hydrogen-bond acceptors (Lipinski definition) is 3. The summed E-state index contributed by atoms with van der Waals surface area (Å²) in [6.45, 7) is 9.06. The van der Waals surface area contributed by atoms with Crippen LogP contribution in [-0.2, 0) is 9.53 Å². The largest absolute Gasteiger partial charge is 0.459 e. The highest BCUT2D eigenvalue weighted by Gasteiger charge is 2.58. The second kappa shape index (κ2) is 5.97. The van der Waals surface area contributed by atoms with Crippen LogP contribution in [0.1, 0.15) is 79.1 Å². The molecule has 0 aromatic carbocycles. The first-order valence-electron chi connectivity index (χ1n) is 10.7. The zero-order valence-corrected chi connectivity index (χ0v) is 16.5. The first kappa shape index (κ1) is 17.8. The molecule has 9 unspecified atom stereocenters. The van der Waals surface area contributed by atoms with Gasteiger partial charge in [-0.25, -0.2) is 0 Å². The number of aliphatic hydroxyl groups is 1. The lowest BCUT2D eigenvalue weighted by molar-refractivity contribution is -0.171. The van der Waals surface area contributed by atoms with Crippen molar-refractivity contribution in [3.8, 4) is 0 Å². The lowest BCUT2D eigenvalue weighted by atomic mass is 9.63. The quantitative estimate of drug-likeness (QED) is 0.740. The van der Waals surface area contributed by atoms with Crippen molar-refractivity contribution in [3.63, 3.8) is 0 Å². The monoisotopic (exact) mass is 348 g/mol. The lowest BCUT2D eigenvalue weighted by Crippen LogP contribution is -2.45. The van der Waals surface area contributed by atoms with Crippen LogP contribution in [0.25, 0.3) is 0 Å². The van der Waals surface area contributed by atoms with E-state index in [0.29, 0.717) is 17.8 Å². The van der Waals surface area contributed by atoms with E-state index in [1.807, 2.05) is 0 Å². The minimum Gasteiger partial charge on any atom is -0.459 e. The molecule has 0 saturated heterocycles. The predicted octanol–water partition coefficient (Wildman–Crippen LogP) is 4.57. The van der Waals surface area contributed by atoms with Gasteiger partial charge in [-0.05, 0) is 85.9 Å². The number of ether oxygens (including phenoxy) is 1. The molecule has 0 aromatic heterocycles. The third-order valence-electron chi connectivity index (χ3n) is 9.27. The topological polar surface area (TPSA) is 46.5 Å². The van der Waals surface area contributed by atoms with Crippen LogP contribution in [0, 0.1) is 40.9 Å². The highest BCUT2D eigenvalue weighted by Crippen LogP contribution is 2.62. The Morgan fingerprint density at radius 3 is 2.48 bits per heavy atom. The maximum atomic E-state index is 12.7. The highest BCUT2D eigenvalue weighted by molar-refractivity contribution is 5.70. The predicted molar refractivity (Wildman–Crippen MR) is 97.8 cm³/mol. The van der Waals surface area contributed by atoms with E-state index in [4.69, 9.17) is 4.74 Å². The molecule has 4 aliphatic rings. The molecule has 3 nitrogen and oxygen atoms in total. The van der Waals surface area contributed by atoms with Gasteiger partial charge in [0.05, 0.1) is 12.5 Å². The zero-order chi connectivity index (χ0) is 18.0. The van der Waals surface area contributed by atoms with Crippen LogP contribution in [0.3, 0.4) is 0 Å². The summed E-state index contributed by atoms with van der Waals surface area (Å²) in [7, 11) is 0. The van der Waals surface area contributed by atoms with Gasteiger partial charge in [0.25, 0.3) is 0 Å². The van der Waals surface area contributed by atoms with Crippen molar-refractivity contribution in [2.24, 2.45) is 40.9 Å². The van der Waals surface area contributed by atoms with Crippen molar-refractivity contribution < 1.29 is 14.6 Å². The Bertz CT molecular complexity index is 543. The third kappa shape index (κ3) is 2.59. The van der Waals surface area contributed by atoms with Gasteiger partial charge in [-0.3, -0.25) is 4.79 Å². The Kier molecular flexibility index (Phi) is 4.26. The molecule has 4 aliphatic carbocycles. The van der Waals surface area contributed by atoms with E-state index in [-0.39, 0.29) is 23.4 Å². The van der Waals surface area contributed by atoms with Crippen molar-refractivity contribution in [2.45, 2.75) is 90.8 Å². The van der Waals surface area contributed by atoms with E-state index in [1.54, 1.807) is 0 Å². The molecular formula is C22H36O3. The molecular weight excluding hydrogens is 312 g/mol. The number of fused-ring (bicyclic) bond motifs is 4. The smallest absolute Gasteiger partial charge is 0.308 e. The molecule has 0 spiro atoms. The first-order valence-corrected chi connectivity index (χ1v) is 10.7. The van der Waals surface area contributed by atoms with Gasteiger partial charge in [-0.2, -0.15) is 0 Å². The highest BCUT2D eigenvalue weighted by atomic mass is 16.6. The number of aliphatic hydroxyl groups excluding tert-OH is 1. The van der Waals surface area contributed by atoms with Crippen molar-refractivity contribution in [2.75, 3.05) is 0 Å². The van der Waals surface area contributed by atoms with E-state index in [0.717, 1.165) is 37.0 Å². The van der Waals surface area contributed by atoms with Crippen LogP contribution in [0.5, 0.6) is 0 Å². The SMILES string of the molecule is CCC1(OC(=O)CC(O)C2(C)CC3CC2C(C)C3C)CC2CCC1C2. The second-order valence-electron chi connectivity index (χ2n) is 10.2. The van der Waals surface area contributed by atoms with Gasteiger partial charge in [0.1, 0.15) is 5.60 Å². The molecule has 0 heterocycles. The van der Waals surface area contributed by atoms with E-state index in [9.17, 15) is 9.90 Å². The van der Waals surface area contributed by atoms with E-state index in [1.165, 1.54) is 25.7 Å². The zero-order valence-electron chi connectivity index (χ0n) is 16.5. The average molecular weight is 349 g/mol. The minimum atomic E-state index is -0.558. The maximum Gasteiger partial charge on any atom is 0.308 e. The van der Waals surface area contributed by atoms with Gasteiger partial charge in [-0.15, -0.1) is 0 Å². The van der Waals surface area contributed by atoms with Gasteiger partial charge in [0.2, 0.25) is 0 Å². The standard InChI is InChI=1S/C22H36O3/c1-5-22(11-15-6-7-17(22)8-15)25-20(24)10-19(23)21(4)12-16-9-18(21)14(3)13(16)2/h13-19,23H,5-12H2,1-4H3. The Morgan fingerprint density at radius 2 is 1.96 bits per heavy atom.